The van der Waals surface area contributed by atoms with Crippen LogP contribution in [0.2, 0.25) is 0 Å². The summed E-state index contributed by atoms with van der Waals surface area (Å²) in [7, 11) is 0. The molecule has 2 heterocycles. The first kappa shape index (κ1) is 20.9. The monoisotopic (exact) mass is 415 g/mol. The van der Waals surface area contributed by atoms with Gasteiger partial charge in [0.15, 0.2) is 5.82 Å². The van der Waals surface area contributed by atoms with Crippen molar-refractivity contribution in [2.45, 2.75) is 58.9 Å². The molecule has 4 aromatic rings. The van der Waals surface area contributed by atoms with Crippen LogP contribution in [0.3, 0.4) is 0 Å². The third kappa shape index (κ3) is 4.87. The van der Waals surface area contributed by atoms with Crippen LogP contribution in [0, 0.1) is 0 Å². The average Bonchev–Trinajstić information content (AvgIpc) is 3.45. The van der Waals surface area contributed by atoms with E-state index in [-0.39, 0.29) is 0 Å². The normalized spacial score (nSPS) is 11.4. The van der Waals surface area contributed by atoms with Crippen LogP contribution >= 0.6 is 0 Å². The third-order valence-corrected chi connectivity index (χ3v) is 5.40. The minimum Gasteiger partial charge on any atom is -0.249 e. The number of aryl methyl sites for hydroxylation is 1. The van der Waals surface area contributed by atoms with Crippen LogP contribution in [-0.2, 0) is 13.0 Å². The van der Waals surface area contributed by atoms with E-state index in [2.05, 4.69) is 76.4 Å². The van der Waals surface area contributed by atoms with E-state index < -0.39 is 0 Å². The SMILES string of the molecule is CCCCCn1nc(C(C)C)nc1Cc1ccc(-c2ccccc2-c2nn[nH]n2)cc1. The summed E-state index contributed by atoms with van der Waals surface area (Å²) in [6.45, 7) is 7.44. The Bertz CT molecular complexity index is 1100. The van der Waals surface area contributed by atoms with Crippen molar-refractivity contribution in [2.24, 2.45) is 0 Å². The Hall–Kier alpha value is -3.35. The number of nitrogens with one attached hydrogen (secondary N) is 1. The lowest BCUT2D eigenvalue weighted by molar-refractivity contribution is 0.529. The Labute approximate surface area is 182 Å². The van der Waals surface area contributed by atoms with E-state index in [1.807, 2.05) is 18.2 Å². The van der Waals surface area contributed by atoms with Crippen LogP contribution in [0.4, 0.5) is 0 Å². The van der Waals surface area contributed by atoms with Gasteiger partial charge in [0.25, 0.3) is 0 Å². The van der Waals surface area contributed by atoms with Gasteiger partial charge in [-0.3, -0.25) is 0 Å². The highest BCUT2D eigenvalue weighted by Gasteiger charge is 2.14. The van der Waals surface area contributed by atoms with Crippen LogP contribution in [0.15, 0.2) is 48.5 Å². The van der Waals surface area contributed by atoms with Crippen molar-refractivity contribution in [1.29, 1.82) is 0 Å². The maximum atomic E-state index is 4.84. The minimum atomic E-state index is 0.329. The Kier molecular flexibility index (Phi) is 6.50. The zero-order valence-corrected chi connectivity index (χ0v) is 18.4. The van der Waals surface area contributed by atoms with Crippen molar-refractivity contribution in [2.75, 3.05) is 0 Å². The van der Waals surface area contributed by atoms with E-state index in [1.165, 1.54) is 18.4 Å². The maximum absolute atomic E-state index is 4.84. The molecule has 0 saturated heterocycles. The fourth-order valence-electron chi connectivity index (χ4n) is 3.65. The van der Waals surface area contributed by atoms with Gasteiger partial charge in [-0.15, -0.1) is 10.2 Å². The molecular formula is C24H29N7. The van der Waals surface area contributed by atoms with Crippen molar-refractivity contribution in [3.05, 3.63) is 65.7 Å². The molecule has 0 atom stereocenters. The highest BCUT2D eigenvalue weighted by Crippen LogP contribution is 2.30. The number of tetrazole rings is 1. The summed E-state index contributed by atoms with van der Waals surface area (Å²) in [6.07, 6.45) is 4.33. The summed E-state index contributed by atoms with van der Waals surface area (Å²) >= 11 is 0. The summed E-state index contributed by atoms with van der Waals surface area (Å²) in [4.78, 5) is 4.84. The molecule has 31 heavy (non-hydrogen) atoms. The molecule has 2 aromatic heterocycles. The van der Waals surface area contributed by atoms with Gasteiger partial charge >= 0.3 is 0 Å². The number of hydrogen-bond donors (Lipinski definition) is 1. The van der Waals surface area contributed by atoms with E-state index in [9.17, 15) is 0 Å². The molecule has 0 radical (unpaired) electrons. The first-order chi connectivity index (χ1) is 15.2. The Morgan fingerprint density at radius 2 is 1.74 bits per heavy atom. The lowest BCUT2D eigenvalue weighted by Crippen LogP contribution is -2.07. The molecule has 0 spiro atoms. The van der Waals surface area contributed by atoms with E-state index in [0.717, 1.165) is 47.7 Å². The second-order valence-electron chi connectivity index (χ2n) is 8.13. The van der Waals surface area contributed by atoms with Crippen LogP contribution < -0.4 is 0 Å². The maximum Gasteiger partial charge on any atom is 0.205 e. The van der Waals surface area contributed by atoms with E-state index in [4.69, 9.17) is 10.1 Å². The summed E-state index contributed by atoms with van der Waals surface area (Å²) in [5, 5.41) is 19.3. The number of hydrogen-bond acceptors (Lipinski definition) is 5. The number of aromatic nitrogens is 7. The molecule has 0 aliphatic carbocycles. The van der Waals surface area contributed by atoms with Crippen molar-refractivity contribution in [3.63, 3.8) is 0 Å². The van der Waals surface area contributed by atoms with Crippen molar-refractivity contribution < 1.29 is 0 Å². The lowest BCUT2D eigenvalue weighted by atomic mass is 9.98. The van der Waals surface area contributed by atoms with Crippen LogP contribution in [-0.4, -0.2) is 35.4 Å². The zero-order valence-electron chi connectivity index (χ0n) is 18.4. The van der Waals surface area contributed by atoms with Crippen LogP contribution in [0.25, 0.3) is 22.5 Å². The fourth-order valence-corrected chi connectivity index (χ4v) is 3.65. The van der Waals surface area contributed by atoms with Gasteiger partial charge in [-0.25, -0.2) is 9.67 Å². The quantitative estimate of drug-likeness (QED) is 0.388. The minimum absolute atomic E-state index is 0.329. The molecule has 0 unspecified atom stereocenters. The van der Waals surface area contributed by atoms with Crippen LogP contribution in [0.1, 0.15) is 63.2 Å². The number of nitrogens with zero attached hydrogens (tertiary/aromatic N) is 6. The predicted octanol–water partition coefficient (Wildman–Crippen LogP) is 5.03. The van der Waals surface area contributed by atoms with Gasteiger partial charge in [-0.1, -0.05) is 82.1 Å². The second-order valence-corrected chi connectivity index (χ2v) is 8.13. The lowest BCUT2D eigenvalue weighted by Gasteiger charge is -2.09. The van der Waals surface area contributed by atoms with Gasteiger partial charge in [-0.05, 0) is 28.3 Å². The first-order valence-corrected chi connectivity index (χ1v) is 11.0. The third-order valence-electron chi connectivity index (χ3n) is 5.40. The van der Waals surface area contributed by atoms with Gasteiger partial charge in [0.2, 0.25) is 5.82 Å². The fraction of sp³-hybridized carbons (Fsp3) is 0.375. The smallest absolute Gasteiger partial charge is 0.205 e. The Morgan fingerprint density at radius 1 is 0.968 bits per heavy atom. The summed E-state index contributed by atoms with van der Waals surface area (Å²) in [5.74, 6) is 2.90. The number of H-pyrrole nitrogens is 1. The molecule has 2 aromatic carbocycles. The first-order valence-electron chi connectivity index (χ1n) is 11.0. The average molecular weight is 416 g/mol. The molecule has 0 aliphatic rings. The van der Waals surface area contributed by atoms with Gasteiger partial charge in [0.05, 0.1) is 0 Å². The molecule has 7 heteroatoms. The standard InChI is InChI=1S/C24H29N7/c1-4-5-8-15-31-22(25-23(28-31)17(2)3)16-18-11-13-19(14-12-18)20-9-6-7-10-21(20)24-26-29-30-27-24/h6-7,9-14,17H,4-5,8,15-16H2,1-3H3,(H,26,27,29,30). The predicted molar refractivity (Wildman–Crippen MR) is 121 cm³/mol. The van der Waals surface area contributed by atoms with E-state index >= 15 is 0 Å². The molecule has 0 aliphatic heterocycles. The molecule has 1 N–H and O–H groups in total. The molecule has 7 nitrogen and oxygen atoms in total. The molecule has 0 fully saturated rings. The number of rotatable bonds is 9. The number of aromatic amines is 1. The van der Waals surface area contributed by atoms with Crippen molar-refractivity contribution in [3.8, 4) is 22.5 Å². The molecule has 160 valence electrons. The van der Waals surface area contributed by atoms with Crippen molar-refractivity contribution in [1.82, 2.24) is 35.4 Å². The van der Waals surface area contributed by atoms with Crippen molar-refractivity contribution >= 4 is 0 Å². The highest BCUT2D eigenvalue weighted by atomic mass is 15.5. The summed E-state index contributed by atoms with van der Waals surface area (Å²) in [5.41, 5.74) is 4.39. The molecular weight excluding hydrogens is 386 g/mol. The van der Waals surface area contributed by atoms with Gasteiger partial charge < -0.3 is 0 Å². The summed E-state index contributed by atoms with van der Waals surface area (Å²) in [6, 6.07) is 16.7. The molecule has 0 bridgehead atoms. The largest absolute Gasteiger partial charge is 0.249 e. The topological polar surface area (TPSA) is 85.2 Å². The molecule has 0 amide bonds. The number of benzene rings is 2. The molecule has 4 rings (SSSR count). The Balaban J connectivity index is 1.56. The van der Waals surface area contributed by atoms with E-state index in [0.29, 0.717) is 11.7 Å². The number of unbranched alkanes of at least 4 members (excludes halogenated alkanes) is 2. The highest BCUT2D eigenvalue weighted by molar-refractivity contribution is 5.80. The van der Waals surface area contributed by atoms with Gasteiger partial charge in [-0.2, -0.15) is 10.3 Å². The van der Waals surface area contributed by atoms with Gasteiger partial charge in [0.1, 0.15) is 5.82 Å². The summed E-state index contributed by atoms with van der Waals surface area (Å²) < 4.78 is 2.10. The van der Waals surface area contributed by atoms with Crippen LogP contribution in [0.5, 0.6) is 0 Å². The Morgan fingerprint density at radius 3 is 2.42 bits per heavy atom. The zero-order chi connectivity index (χ0) is 21.6. The molecule has 0 saturated carbocycles. The van der Waals surface area contributed by atoms with E-state index in [1.54, 1.807) is 0 Å². The van der Waals surface area contributed by atoms with Gasteiger partial charge in [0, 0.05) is 24.4 Å². The second kappa shape index (κ2) is 9.64.